The number of fused-ring (bicyclic) bond motifs is 1. The van der Waals surface area contributed by atoms with Crippen LogP contribution in [-0.4, -0.2) is 22.6 Å². The summed E-state index contributed by atoms with van der Waals surface area (Å²) in [5, 5.41) is 2.79. The maximum atomic E-state index is 12.3. The number of aliphatic imine (C=N–C) groups is 1. The van der Waals surface area contributed by atoms with Crippen LogP contribution in [0.25, 0.3) is 0 Å². The van der Waals surface area contributed by atoms with Gasteiger partial charge in [0.2, 0.25) is 5.91 Å². The number of amides is 1. The molecule has 4 nitrogen and oxygen atoms in total. The molecule has 1 heterocycles. The number of carbonyl (C=O) groups is 1. The van der Waals surface area contributed by atoms with E-state index in [9.17, 15) is 4.79 Å². The van der Waals surface area contributed by atoms with Gasteiger partial charge in [0.25, 0.3) is 0 Å². The molecule has 1 N–H and O–H groups in total. The van der Waals surface area contributed by atoms with Crippen LogP contribution in [0, 0.1) is 0 Å². The van der Waals surface area contributed by atoms with Crippen LogP contribution in [0.4, 0.5) is 5.69 Å². The minimum absolute atomic E-state index is 0.0166. The fourth-order valence-corrected chi connectivity index (χ4v) is 4.57. The van der Waals surface area contributed by atoms with Gasteiger partial charge in [-0.3, -0.25) is 4.79 Å². The summed E-state index contributed by atoms with van der Waals surface area (Å²) in [6.07, 6.45) is 0. The highest BCUT2D eigenvalue weighted by molar-refractivity contribution is 8.39. The van der Waals surface area contributed by atoms with Crippen LogP contribution in [0.5, 0.6) is 5.75 Å². The van der Waals surface area contributed by atoms with E-state index in [1.54, 1.807) is 18.9 Å². The smallest absolute Gasteiger partial charge is 0.233 e. The molecule has 2 aromatic rings. The van der Waals surface area contributed by atoms with E-state index in [1.807, 2.05) is 49.4 Å². The number of ether oxygens (including phenoxy) is 1. The van der Waals surface area contributed by atoms with Gasteiger partial charge in [-0.15, -0.1) is 0 Å². The van der Waals surface area contributed by atoms with Gasteiger partial charge in [-0.1, -0.05) is 53.9 Å². The Hall–Kier alpha value is -1.92. The number of benzene rings is 2. The number of hydrogen-bond donors (Lipinski definition) is 1. The zero-order chi connectivity index (χ0) is 17.6. The third kappa shape index (κ3) is 4.80. The monoisotopic (exact) mass is 372 g/mol. The maximum absolute atomic E-state index is 12.3. The van der Waals surface area contributed by atoms with Gasteiger partial charge in [0.15, 0.2) is 0 Å². The van der Waals surface area contributed by atoms with Crippen LogP contribution in [0.15, 0.2) is 53.5 Å². The van der Waals surface area contributed by atoms with E-state index in [-0.39, 0.29) is 11.2 Å². The SMILES string of the molecule is COc1ccc(CNC(=O)[C@H](C)SC2=Nc3ccccc3CS2)cc1. The van der Waals surface area contributed by atoms with E-state index in [0.29, 0.717) is 6.54 Å². The number of carbonyl (C=O) groups excluding carboxylic acids is 1. The van der Waals surface area contributed by atoms with E-state index < -0.39 is 0 Å². The fraction of sp³-hybridized carbons (Fsp3) is 0.263. The second-order valence-electron chi connectivity index (χ2n) is 5.62. The van der Waals surface area contributed by atoms with Crippen molar-refractivity contribution < 1.29 is 9.53 Å². The highest BCUT2D eigenvalue weighted by atomic mass is 32.2. The number of rotatable bonds is 5. The molecule has 2 aromatic carbocycles. The molecule has 1 aliphatic rings. The van der Waals surface area contributed by atoms with Crippen molar-refractivity contribution in [3.63, 3.8) is 0 Å². The number of para-hydroxylation sites is 1. The van der Waals surface area contributed by atoms with Crippen molar-refractivity contribution in [2.24, 2.45) is 4.99 Å². The lowest BCUT2D eigenvalue weighted by atomic mass is 10.2. The number of nitrogens with one attached hydrogen (secondary N) is 1. The maximum Gasteiger partial charge on any atom is 0.233 e. The van der Waals surface area contributed by atoms with E-state index in [1.165, 1.54) is 17.3 Å². The van der Waals surface area contributed by atoms with E-state index in [2.05, 4.69) is 16.4 Å². The van der Waals surface area contributed by atoms with E-state index in [0.717, 1.165) is 27.1 Å². The summed E-state index contributed by atoms with van der Waals surface area (Å²) < 4.78 is 6.09. The average molecular weight is 373 g/mol. The van der Waals surface area contributed by atoms with E-state index >= 15 is 0 Å². The second kappa shape index (κ2) is 8.45. The fourth-order valence-electron chi connectivity index (χ4n) is 2.35. The molecule has 3 rings (SSSR count). The standard InChI is InChI=1S/C19H20N2O2S2/c1-13(18(22)20-11-14-7-9-16(23-2)10-8-14)25-19-21-17-6-4-3-5-15(17)12-24-19/h3-10,13H,11-12H2,1-2H3,(H,20,22)/t13-/m0/s1. The molecular weight excluding hydrogens is 352 g/mol. The molecule has 25 heavy (non-hydrogen) atoms. The number of nitrogens with zero attached hydrogens (tertiary/aromatic N) is 1. The van der Waals surface area contributed by atoms with Crippen molar-refractivity contribution in [1.82, 2.24) is 5.32 Å². The zero-order valence-corrected chi connectivity index (χ0v) is 15.8. The Bertz CT molecular complexity index is 775. The van der Waals surface area contributed by atoms with Crippen LogP contribution >= 0.6 is 23.5 Å². The predicted octanol–water partition coefficient (Wildman–Crippen LogP) is 4.37. The summed E-state index contributed by atoms with van der Waals surface area (Å²) in [4.78, 5) is 17.0. The van der Waals surface area contributed by atoms with Crippen molar-refractivity contribution in [2.75, 3.05) is 7.11 Å². The molecule has 0 fully saturated rings. The highest BCUT2D eigenvalue weighted by Gasteiger charge is 2.19. The predicted molar refractivity (Wildman–Crippen MR) is 107 cm³/mol. The van der Waals surface area contributed by atoms with Crippen LogP contribution < -0.4 is 10.1 Å². The summed E-state index contributed by atoms with van der Waals surface area (Å²) in [6.45, 7) is 2.42. The van der Waals surface area contributed by atoms with E-state index in [4.69, 9.17) is 4.74 Å². The Morgan fingerprint density at radius 3 is 2.80 bits per heavy atom. The van der Waals surface area contributed by atoms with Gasteiger partial charge < -0.3 is 10.1 Å². The summed E-state index contributed by atoms with van der Waals surface area (Å²) >= 11 is 3.20. The van der Waals surface area contributed by atoms with Crippen LogP contribution in [0.1, 0.15) is 18.1 Å². The first-order chi connectivity index (χ1) is 12.2. The quantitative estimate of drug-likeness (QED) is 0.847. The Morgan fingerprint density at radius 2 is 2.04 bits per heavy atom. The minimum Gasteiger partial charge on any atom is -0.497 e. The van der Waals surface area contributed by atoms with Crippen molar-refractivity contribution in [2.45, 2.75) is 24.5 Å². The molecule has 0 spiro atoms. The zero-order valence-electron chi connectivity index (χ0n) is 14.2. The number of thioether (sulfide) groups is 2. The van der Waals surface area contributed by atoms with Crippen LogP contribution in [0.2, 0.25) is 0 Å². The molecule has 0 aromatic heterocycles. The van der Waals surface area contributed by atoms with Crippen molar-refractivity contribution in [3.05, 3.63) is 59.7 Å². The molecule has 0 bridgehead atoms. The van der Waals surface area contributed by atoms with Gasteiger partial charge in [0.05, 0.1) is 18.0 Å². The Balaban J connectivity index is 1.53. The van der Waals surface area contributed by atoms with Gasteiger partial charge in [-0.2, -0.15) is 0 Å². The number of hydrogen-bond acceptors (Lipinski definition) is 5. The van der Waals surface area contributed by atoms with Crippen molar-refractivity contribution in [3.8, 4) is 5.75 Å². The average Bonchev–Trinajstić information content (AvgIpc) is 2.66. The lowest BCUT2D eigenvalue weighted by Crippen LogP contribution is -2.31. The Morgan fingerprint density at radius 1 is 1.28 bits per heavy atom. The lowest BCUT2D eigenvalue weighted by molar-refractivity contribution is -0.120. The molecular formula is C19H20N2O2S2. The molecule has 0 saturated heterocycles. The lowest BCUT2D eigenvalue weighted by Gasteiger charge is -2.17. The normalized spacial score (nSPS) is 14.2. The largest absolute Gasteiger partial charge is 0.497 e. The highest BCUT2D eigenvalue weighted by Crippen LogP contribution is 2.35. The molecule has 1 aliphatic heterocycles. The Kier molecular flexibility index (Phi) is 6.04. The molecule has 6 heteroatoms. The Labute approximate surface area is 156 Å². The first-order valence-corrected chi connectivity index (χ1v) is 9.89. The van der Waals surface area contributed by atoms with Gasteiger partial charge in [-0.25, -0.2) is 4.99 Å². The molecule has 0 radical (unpaired) electrons. The minimum atomic E-state index is -0.185. The van der Waals surface area contributed by atoms with Gasteiger partial charge in [0, 0.05) is 12.3 Å². The molecule has 1 amide bonds. The number of methoxy groups -OCH3 is 1. The summed E-state index contributed by atoms with van der Waals surface area (Å²) in [5.41, 5.74) is 3.30. The third-order valence-electron chi connectivity index (χ3n) is 3.83. The van der Waals surface area contributed by atoms with Gasteiger partial charge >= 0.3 is 0 Å². The first kappa shape index (κ1) is 17.9. The molecule has 1 atom stereocenters. The van der Waals surface area contributed by atoms with Crippen LogP contribution in [0.3, 0.4) is 0 Å². The topological polar surface area (TPSA) is 50.7 Å². The first-order valence-electron chi connectivity index (χ1n) is 8.02. The molecule has 0 saturated carbocycles. The third-order valence-corrected chi connectivity index (χ3v) is 6.12. The summed E-state index contributed by atoms with van der Waals surface area (Å²) in [6, 6.07) is 15.8. The van der Waals surface area contributed by atoms with Crippen molar-refractivity contribution in [1.29, 1.82) is 0 Å². The van der Waals surface area contributed by atoms with Crippen LogP contribution in [-0.2, 0) is 17.1 Å². The molecule has 0 aliphatic carbocycles. The molecule has 130 valence electrons. The second-order valence-corrected chi connectivity index (χ2v) is 8.17. The van der Waals surface area contributed by atoms with Crippen molar-refractivity contribution >= 4 is 39.5 Å². The summed E-state index contributed by atoms with van der Waals surface area (Å²) in [5.74, 6) is 1.73. The summed E-state index contributed by atoms with van der Waals surface area (Å²) in [7, 11) is 1.64. The molecule has 0 unspecified atom stereocenters. The van der Waals surface area contributed by atoms with Gasteiger partial charge in [0.1, 0.15) is 10.1 Å². The van der Waals surface area contributed by atoms with Gasteiger partial charge in [-0.05, 0) is 36.2 Å².